The molecule has 1 aliphatic carbocycles. The third-order valence-corrected chi connectivity index (χ3v) is 4.01. The van der Waals surface area contributed by atoms with Crippen LogP contribution in [0, 0.1) is 5.92 Å². The molecule has 20 heavy (non-hydrogen) atoms. The van der Waals surface area contributed by atoms with Gasteiger partial charge in [0.25, 0.3) is 0 Å². The van der Waals surface area contributed by atoms with E-state index in [1.807, 2.05) is 0 Å². The molecule has 2 atom stereocenters. The molecule has 2 rings (SSSR count). The molecule has 6 nitrogen and oxygen atoms in total. The summed E-state index contributed by atoms with van der Waals surface area (Å²) in [7, 11) is 3.19. The number of anilines is 1. The zero-order valence-corrected chi connectivity index (χ0v) is 12.5. The van der Waals surface area contributed by atoms with E-state index in [2.05, 4.69) is 21.8 Å². The maximum absolute atomic E-state index is 5.89. The summed E-state index contributed by atoms with van der Waals surface area (Å²) in [4.78, 5) is 11.1. The molecule has 1 aromatic heterocycles. The molecule has 0 saturated heterocycles. The summed E-state index contributed by atoms with van der Waals surface area (Å²) in [6.45, 7) is 3.67. The number of nitrogens with two attached hydrogens (primary N) is 1. The maximum Gasteiger partial charge on any atom is 0.232 e. The van der Waals surface area contributed by atoms with Crippen molar-refractivity contribution >= 4 is 5.95 Å². The van der Waals surface area contributed by atoms with Gasteiger partial charge in [-0.05, 0) is 32.2 Å². The molecular formula is C14H24N4O2. The van der Waals surface area contributed by atoms with E-state index in [1.165, 1.54) is 12.8 Å². The predicted octanol–water partition coefficient (Wildman–Crippen LogP) is 1.45. The lowest BCUT2D eigenvalue weighted by Crippen LogP contribution is -2.41. The van der Waals surface area contributed by atoms with Crippen LogP contribution in [0.25, 0.3) is 0 Å². The fourth-order valence-electron chi connectivity index (χ4n) is 2.96. The summed E-state index contributed by atoms with van der Waals surface area (Å²) in [5.74, 6) is 2.21. The number of methoxy groups -OCH3 is 2. The molecule has 0 radical (unpaired) electrons. The third-order valence-electron chi connectivity index (χ3n) is 4.01. The van der Waals surface area contributed by atoms with Crippen molar-refractivity contribution in [3.8, 4) is 11.8 Å². The Morgan fingerprint density at radius 3 is 2.40 bits per heavy atom. The molecular weight excluding hydrogens is 256 g/mol. The molecule has 0 bridgehead atoms. The quantitative estimate of drug-likeness (QED) is 0.850. The lowest BCUT2D eigenvalue weighted by Gasteiger charge is -2.32. The van der Waals surface area contributed by atoms with Crippen LogP contribution >= 0.6 is 0 Å². The minimum Gasteiger partial charge on any atom is -0.481 e. The highest BCUT2D eigenvalue weighted by molar-refractivity contribution is 5.38. The average Bonchev–Trinajstić information content (AvgIpc) is 2.96. The summed E-state index contributed by atoms with van der Waals surface area (Å²) < 4.78 is 10.5. The van der Waals surface area contributed by atoms with Crippen molar-refractivity contribution in [1.29, 1.82) is 0 Å². The second-order valence-corrected chi connectivity index (χ2v) is 5.03. The van der Waals surface area contributed by atoms with Crippen molar-refractivity contribution in [2.45, 2.75) is 32.2 Å². The van der Waals surface area contributed by atoms with Gasteiger partial charge in [-0.3, -0.25) is 0 Å². The monoisotopic (exact) mass is 280 g/mol. The normalized spacial score (nSPS) is 21.8. The zero-order valence-electron chi connectivity index (χ0n) is 12.5. The van der Waals surface area contributed by atoms with Gasteiger partial charge in [0.1, 0.15) is 0 Å². The van der Waals surface area contributed by atoms with Crippen LogP contribution in [-0.2, 0) is 0 Å². The topological polar surface area (TPSA) is 73.5 Å². The molecule has 0 spiro atoms. The Balaban J connectivity index is 2.30. The highest BCUT2D eigenvalue weighted by Gasteiger charge is 2.32. The lowest BCUT2D eigenvalue weighted by atomic mass is 10.0. The molecule has 112 valence electrons. The Labute approximate surface area is 120 Å². The van der Waals surface area contributed by atoms with E-state index in [-0.39, 0.29) is 0 Å². The van der Waals surface area contributed by atoms with Gasteiger partial charge in [0.2, 0.25) is 17.7 Å². The van der Waals surface area contributed by atoms with Crippen LogP contribution in [0.2, 0.25) is 0 Å². The van der Waals surface area contributed by atoms with Crippen molar-refractivity contribution in [3.05, 3.63) is 6.07 Å². The van der Waals surface area contributed by atoms with E-state index in [9.17, 15) is 0 Å². The van der Waals surface area contributed by atoms with Gasteiger partial charge in [-0.2, -0.15) is 9.97 Å². The molecule has 1 heterocycles. The minimum absolute atomic E-state index is 0.404. The van der Waals surface area contributed by atoms with E-state index in [0.717, 1.165) is 13.0 Å². The van der Waals surface area contributed by atoms with Crippen molar-refractivity contribution in [1.82, 2.24) is 9.97 Å². The number of nitrogens with zero attached hydrogens (tertiary/aromatic N) is 3. The molecule has 6 heteroatoms. The molecule has 2 unspecified atom stereocenters. The number of hydrogen-bond acceptors (Lipinski definition) is 6. The number of hydrogen-bond donors (Lipinski definition) is 1. The second-order valence-electron chi connectivity index (χ2n) is 5.03. The van der Waals surface area contributed by atoms with Crippen LogP contribution in [0.4, 0.5) is 5.95 Å². The Hall–Kier alpha value is -1.56. The Bertz CT molecular complexity index is 419. The minimum atomic E-state index is 0.404. The second kappa shape index (κ2) is 6.74. The number of rotatable bonds is 6. The van der Waals surface area contributed by atoms with Gasteiger partial charge < -0.3 is 20.1 Å². The predicted molar refractivity (Wildman–Crippen MR) is 78.3 cm³/mol. The molecule has 0 aromatic carbocycles. The summed E-state index contributed by atoms with van der Waals surface area (Å²) in [6.07, 6.45) is 3.53. The van der Waals surface area contributed by atoms with Crippen molar-refractivity contribution in [2.75, 3.05) is 32.2 Å². The fourth-order valence-corrected chi connectivity index (χ4v) is 2.96. The zero-order chi connectivity index (χ0) is 14.5. The third kappa shape index (κ3) is 2.95. The van der Waals surface area contributed by atoms with Crippen LogP contribution in [0.1, 0.15) is 26.2 Å². The molecule has 1 aromatic rings. The Kier molecular flexibility index (Phi) is 5.00. The highest BCUT2D eigenvalue weighted by Crippen LogP contribution is 2.32. The van der Waals surface area contributed by atoms with Gasteiger partial charge in [0.05, 0.1) is 20.3 Å². The van der Waals surface area contributed by atoms with Crippen LogP contribution in [0.3, 0.4) is 0 Å². The van der Waals surface area contributed by atoms with Crippen LogP contribution in [0.15, 0.2) is 6.07 Å². The number of aromatic nitrogens is 2. The molecule has 0 amide bonds. The fraction of sp³-hybridized carbons (Fsp3) is 0.714. The average molecular weight is 280 g/mol. The van der Waals surface area contributed by atoms with E-state index < -0.39 is 0 Å². The SMILES string of the molecule is CCN(c1nc(OC)cc(OC)n1)C1CCCC1CN. The largest absolute Gasteiger partial charge is 0.481 e. The summed E-state index contributed by atoms with van der Waals surface area (Å²) in [5.41, 5.74) is 5.89. The van der Waals surface area contributed by atoms with E-state index >= 15 is 0 Å². The Morgan fingerprint density at radius 2 is 1.90 bits per heavy atom. The van der Waals surface area contributed by atoms with Crippen molar-refractivity contribution < 1.29 is 9.47 Å². The van der Waals surface area contributed by atoms with Gasteiger partial charge in [-0.1, -0.05) is 6.42 Å². The number of ether oxygens (including phenoxy) is 2. The first-order chi connectivity index (χ1) is 9.73. The van der Waals surface area contributed by atoms with E-state index in [1.54, 1.807) is 20.3 Å². The van der Waals surface area contributed by atoms with Gasteiger partial charge in [0, 0.05) is 12.6 Å². The van der Waals surface area contributed by atoms with Crippen LogP contribution in [0.5, 0.6) is 11.8 Å². The van der Waals surface area contributed by atoms with Crippen LogP contribution in [-0.4, -0.2) is 43.3 Å². The Morgan fingerprint density at radius 1 is 1.25 bits per heavy atom. The smallest absolute Gasteiger partial charge is 0.232 e. The molecule has 1 fully saturated rings. The van der Waals surface area contributed by atoms with Crippen molar-refractivity contribution in [2.24, 2.45) is 11.7 Å². The first-order valence-electron chi connectivity index (χ1n) is 7.17. The maximum atomic E-state index is 5.89. The molecule has 2 N–H and O–H groups in total. The van der Waals surface area contributed by atoms with Crippen LogP contribution < -0.4 is 20.1 Å². The highest BCUT2D eigenvalue weighted by atomic mass is 16.5. The standard InChI is InChI=1S/C14H24N4O2/c1-4-18(11-7-5-6-10(11)9-15)14-16-12(19-2)8-13(17-14)20-3/h8,10-11H,4-7,9,15H2,1-3H3. The van der Waals surface area contributed by atoms with E-state index in [0.29, 0.717) is 36.2 Å². The van der Waals surface area contributed by atoms with Gasteiger partial charge in [-0.15, -0.1) is 0 Å². The van der Waals surface area contributed by atoms with Gasteiger partial charge >= 0.3 is 0 Å². The molecule has 0 aliphatic heterocycles. The van der Waals surface area contributed by atoms with Gasteiger partial charge in [-0.25, -0.2) is 0 Å². The van der Waals surface area contributed by atoms with Crippen molar-refractivity contribution in [3.63, 3.8) is 0 Å². The lowest BCUT2D eigenvalue weighted by molar-refractivity contribution is 0.368. The van der Waals surface area contributed by atoms with Gasteiger partial charge in [0.15, 0.2) is 0 Å². The van der Waals surface area contributed by atoms with E-state index in [4.69, 9.17) is 15.2 Å². The first-order valence-corrected chi connectivity index (χ1v) is 7.17. The summed E-state index contributed by atoms with van der Waals surface area (Å²) in [6, 6.07) is 2.09. The first kappa shape index (κ1) is 14.8. The summed E-state index contributed by atoms with van der Waals surface area (Å²) >= 11 is 0. The molecule has 1 aliphatic rings. The summed E-state index contributed by atoms with van der Waals surface area (Å²) in [5, 5.41) is 0. The molecule has 1 saturated carbocycles.